The Hall–Kier alpha value is -1.30. The van der Waals surface area contributed by atoms with Crippen LogP contribution in [0.1, 0.15) is 36.5 Å². The zero-order chi connectivity index (χ0) is 17.8. The molecule has 25 heavy (non-hydrogen) atoms. The van der Waals surface area contributed by atoms with Gasteiger partial charge in [0.2, 0.25) is 0 Å². The highest BCUT2D eigenvalue weighted by atomic mass is 16.6. The number of benzene rings is 1. The predicted octanol–water partition coefficient (Wildman–Crippen LogP) is 0.503. The third-order valence-corrected chi connectivity index (χ3v) is 4.92. The Balaban J connectivity index is 1.55. The minimum Gasteiger partial charge on any atom is -0.456 e. The first kappa shape index (κ1) is 18.5. The van der Waals surface area contributed by atoms with Gasteiger partial charge in [-0.25, -0.2) is 4.79 Å². The van der Waals surface area contributed by atoms with Crippen LogP contribution < -0.4 is 0 Å². The van der Waals surface area contributed by atoms with Crippen LogP contribution in [-0.2, 0) is 18.9 Å². The Labute approximate surface area is 151 Å². The van der Waals surface area contributed by atoms with E-state index in [-0.39, 0.29) is 42.4 Å². The standard InChI is InChI=1S/C18H26B2O5/c1-2-12-13(8-16(19)23-12)22-10-15-14(9-17(20)24-15)25-18(21)11-6-4-3-5-7-11/h3-7,12-17H,2,8-10,19-20H2,1H3/t12-,13?,14?,15-,16-,17-/m1/s1. The van der Waals surface area contributed by atoms with Crippen molar-refractivity contribution in [3.05, 3.63) is 35.9 Å². The number of hydrogen-bond acceptors (Lipinski definition) is 5. The van der Waals surface area contributed by atoms with Crippen LogP contribution in [0.25, 0.3) is 0 Å². The van der Waals surface area contributed by atoms with E-state index in [0.29, 0.717) is 18.6 Å². The maximum Gasteiger partial charge on any atom is 0.338 e. The van der Waals surface area contributed by atoms with Crippen LogP contribution in [-0.4, -0.2) is 64.7 Å². The summed E-state index contributed by atoms with van der Waals surface area (Å²) in [5.74, 6) is -0.308. The number of ether oxygens (including phenoxy) is 4. The van der Waals surface area contributed by atoms with E-state index >= 15 is 0 Å². The summed E-state index contributed by atoms with van der Waals surface area (Å²) in [5, 5.41) is 0. The molecule has 2 heterocycles. The van der Waals surface area contributed by atoms with Crippen molar-refractivity contribution in [2.75, 3.05) is 6.61 Å². The SMILES string of the molecule is B[C@H]1CC(OC[C@H]2O[C@@H](B)CC2OC(=O)c2ccccc2)[C@@H](CC)O1. The normalized spacial score (nSPS) is 34.9. The quantitative estimate of drug-likeness (QED) is 0.556. The molecule has 2 aliphatic rings. The van der Waals surface area contributed by atoms with Gasteiger partial charge in [0.05, 0.1) is 24.4 Å². The van der Waals surface area contributed by atoms with Crippen LogP contribution in [0.15, 0.2) is 30.3 Å². The van der Waals surface area contributed by atoms with E-state index in [2.05, 4.69) is 14.8 Å². The van der Waals surface area contributed by atoms with Gasteiger partial charge in [0, 0.05) is 18.4 Å². The Morgan fingerprint density at radius 2 is 1.72 bits per heavy atom. The molecule has 5 nitrogen and oxygen atoms in total. The van der Waals surface area contributed by atoms with Gasteiger partial charge in [-0.15, -0.1) is 0 Å². The molecule has 6 atom stereocenters. The first-order valence-electron chi connectivity index (χ1n) is 9.25. The molecule has 2 unspecified atom stereocenters. The highest BCUT2D eigenvalue weighted by Crippen LogP contribution is 2.27. The van der Waals surface area contributed by atoms with Gasteiger partial charge in [-0.3, -0.25) is 0 Å². The number of esters is 1. The molecule has 2 saturated heterocycles. The Kier molecular flexibility index (Phi) is 6.20. The third kappa shape index (κ3) is 4.66. The zero-order valence-electron chi connectivity index (χ0n) is 15.2. The van der Waals surface area contributed by atoms with Gasteiger partial charge in [-0.05, 0) is 25.0 Å². The van der Waals surface area contributed by atoms with Crippen molar-refractivity contribution in [2.45, 2.75) is 62.6 Å². The maximum absolute atomic E-state index is 12.3. The van der Waals surface area contributed by atoms with Crippen LogP contribution >= 0.6 is 0 Å². The number of hydrogen-bond donors (Lipinski definition) is 0. The molecule has 1 aromatic carbocycles. The van der Waals surface area contributed by atoms with Crippen molar-refractivity contribution in [1.82, 2.24) is 0 Å². The van der Waals surface area contributed by atoms with Gasteiger partial charge in [-0.2, -0.15) is 0 Å². The summed E-state index contributed by atoms with van der Waals surface area (Å²) in [7, 11) is 4.07. The van der Waals surface area contributed by atoms with E-state index in [1.165, 1.54) is 0 Å². The summed E-state index contributed by atoms with van der Waals surface area (Å²) in [6.45, 7) is 2.53. The topological polar surface area (TPSA) is 54.0 Å². The third-order valence-electron chi connectivity index (χ3n) is 4.92. The average Bonchev–Trinajstić information content (AvgIpc) is 3.15. The van der Waals surface area contributed by atoms with Crippen LogP contribution in [0, 0.1) is 0 Å². The van der Waals surface area contributed by atoms with Crippen LogP contribution in [0.5, 0.6) is 0 Å². The summed E-state index contributed by atoms with van der Waals surface area (Å²) in [6, 6.07) is 9.34. The fourth-order valence-electron chi connectivity index (χ4n) is 3.64. The molecule has 7 heteroatoms. The average molecular weight is 344 g/mol. The van der Waals surface area contributed by atoms with Crippen LogP contribution in [0.4, 0.5) is 0 Å². The molecule has 0 aromatic heterocycles. The van der Waals surface area contributed by atoms with E-state index < -0.39 is 0 Å². The molecule has 0 saturated carbocycles. The second-order valence-electron chi connectivity index (χ2n) is 7.03. The fraction of sp³-hybridized carbons (Fsp3) is 0.611. The molecular weight excluding hydrogens is 318 g/mol. The van der Waals surface area contributed by atoms with Gasteiger partial charge in [0.25, 0.3) is 0 Å². The Bertz CT molecular complexity index is 570. The number of rotatable bonds is 6. The minimum atomic E-state index is -0.308. The van der Waals surface area contributed by atoms with Crippen molar-refractivity contribution in [3.8, 4) is 0 Å². The van der Waals surface area contributed by atoms with E-state index in [4.69, 9.17) is 18.9 Å². The maximum atomic E-state index is 12.3. The summed E-state index contributed by atoms with van der Waals surface area (Å²) in [5.41, 5.74) is 0.561. The molecule has 2 aliphatic heterocycles. The second-order valence-corrected chi connectivity index (χ2v) is 7.03. The van der Waals surface area contributed by atoms with E-state index in [0.717, 1.165) is 12.8 Å². The van der Waals surface area contributed by atoms with Crippen molar-refractivity contribution in [1.29, 1.82) is 0 Å². The molecule has 134 valence electrons. The van der Waals surface area contributed by atoms with Gasteiger partial charge < -0.3 is 18.9 Å². The highest BCUT2D eigenvalue weighted by Gasteiger charge is 2.38. The van der Waals surface area contributed by atoms with Gasteiger partial charge in [0.15, 0.2) is 0 Å². The number of carbonyl (C=O) groups is 1. The van der Waals surface area contributed by atoms with Gasteiger partial charge in [0.1, 0.15) is 27.9 Å². The van der Waals surface area contributed by atoms with Gasteiger partial charge in [-0.1, -0.05) is 25.1 Å². The minimum absolute atomic E-state index is 0.0582. The first-order valence-corrected chi connectivity index (χ1v) is 9.25. The van der Waals surface area contributed by atoms with Crippen molar-refractivity contribution >= 4 is 21.7 Å². The van der Waals surface area contributed by atoms with E-state index in [1.54, 1.807) is 12.1 Å². The molecule has 0 bridgehead atoms. The Morgan fingerprint density at radius 3 is 2.40 bits per heavy atom. The molecule has 0 amide bonds. The molecule has 2 fully saturated rings. The summed E-state index contributed by atoms with van der Waals surface area (Å²) in [6.07, 6.45) is 2.25. The van der Waals surface area contributed by atoms with Crippen molar-refractivity contribution in [3.63, 3.8) is 0 Å². The lowest BCUT2D eigenvalue weighted by molar-refractivity contribution is -0.0774. The van der Waals surface area contributed by atoms with E-state index in [1.807, 2.05) is 26.0 Å². The molecule has 0 radical (unpaired) electrons. The van der Waals surface area contributed by atoms with Gasteiger partial charge >= 0.3 is 5.97 Å². The predicted molar refractivity (Wildman–Crippen MR) is 99.3 cm³/mol. The smallest absolute Gasteiger partial charge is 0.338 e. The molecule has 1 aromatic rings. The lowest BCUT2D eigenvalue weighted by atomic mass is 9.95. The van der Waals surface area contributed by atoms with E-state index in [9.17, 15) is 4.79 Å². The second kappa shape index (κ2) is 8.39. The summed E-state index contributed by atoms with van der Waals surface area (Å²) >= 11 is 0. The Morgan fingerprint density at radius 1 is 1.08 bits per heavy atom. The monoisotopic (exact) mass is 344 g/mol. The summed E-state index contributed by atoms with van der Waals surface area (Å²) in [4.78, 5) is 12.3. The van der Waals surface area contributed by atoms with Crippen LogP contribution in [0.2, 0.25) is 0 Å². The highest BCUT2D eigenvalue weighted by molar-refractivity contribution is 6.11. The number of carbonyl (C=O) groups excluding carboxylic acids is 1. The summed E-state index contributed by atoms with van der Waals surface area (Å²) < 4.78 is 23.6. The fourth-order valence-corrected chi connectivity index (χ4v) is 3.64. The lowest BCUT2D eigenvalue weighted by Crippen LogP contribution is -2.34. The zero-order valence-corrected chi connectivity index (χ0v) is 15.2. The van der Waals surface area contributed by atoms with Crippen LogP contribution in [0.3, 0.4) is 0 Å². The lowest BCUT2D eigenvalue weighted by Gasteiger charge is -2.23. The molecule has 0 aliphatic carbocycles. The molecule has 0 spiro atoms. The van der Waals surface area contributed by atoms with Crippen molar-refractivity contribution in [2.24, 2.45) is 0 Å². The van der Waals surface area contributed by atoms with Crippen molar-refractivity contribution < 1.29 is 23.7 Å². The molecular formula is C18H26B2O5. The first-order chi connectivity index (χ1) is 12.1. The molecule has 3 rings (SSSR count). The largest absolute Gasteiger partial charge is 0.456 e. The molecule has 0 N–H and O–H groups in total.